The van der Waals surface area contributed by atoms with Crippen LogP contribution in [0.2, 0.25) is 0 Å². The first-order valence-electron chi connectivity index (χ1n) is 8.07. The Morgan fingerprint density at radius 1 is 1.27 bits per heavy atom. The molecule has 120 valence electrons. The van der Waals surface area contributed by atoms with Gasteiger partial charge in [0.05, 0.1) is 7.11 Å². The standard InChI is InChI=1S/C17H25N3O2/c1-13-3-4-16(22-2)14(11-13)12-19-8-5-15(6-9-19)20-10-7-18-17(20)21/h3-4,11,15H,5-10,12H2,1-2H3,(H,18,21). The lowest BCUT2D eigenvalue weighted by molar-refractivity contribution is 0.131. The SMILES string of the molecule is COc1ccc(C)cc1CN1CCC(N2CCNC2=O)CC1. The van der Waals surface area contributed by atoms with E-state index in [0.717, 1.165) is 51.3 Å². The van der Waals surface area contributed by atoms with E-state index in [4.69, 9.17) is 4.74 Å². The molecule has 0 radical (unpaired) electrons. The molecule has 2 fully saturated rings. The van der Waals surface area contributed by atoms with Gasteiger partial charge in [0, 0.05) is 44.3 Å². The fraction of sp³-hybridized carbons (Fsp3) is 0.588. The highest BCUT2D eigenvalue weighted by Gasteiger charge is 2.30. The van der Waals surface area contributed by atoms with Gasteiger partial charge in [-0.1, -0.05) is 17.7 Å². The molecule has 0 saturated carbocycles. The molecule has 0 spiro atoms. The zero-order chi connectivity index (χ0) is 15.5. The molecular weight excluding hydrogens is 278 g/mol. The first-order chi connectivity index (χ1) is 10.7. The number of urea groups is 1. The number of benzene rings is 1. The number of carbonyl (C=O) groups excluding carboxylic acids is 1. The van der Waals surface area contributed by atoms with E-state index in [2.05, 4.69) is 29.3 Å². The Bertz CT molecular complexity index is 539. The van der Waals surface area contributed by atoms with E-state index in [1.165, 1.54) is 11.1 Å². The molecule has 0 unspecified atom stereocenters. The summed E-state index contributed by atoms with van der Waals surface area (Å²) in [5, 5.41) is 2.90. The van der Waals surface area contributed by atoms with Crippen LogP contribution in [0.4, 0.5) is 4.79 Å². The summed E-state index contributed by atoms with van der Waals surface area (Å²) in [7, 11) is 1.73. The van der Waals surface area contributed by atoms with Crippen molar-refractivity contribution in [3.8, 4) is 5.75 Å². The smallest absolute Gasteiger partial charge is 0.317 e. The van der Waals surface area contributed by atoms with E-state index in [0.29, 0.717) is 6.04 Å². The number of methoxy groups -OCH3 is 1. The van der Waals surface area contributed by atoms with Crippen LogP contribution < -0.4 is 10.1 Å². The molecule has 1 aromatic carbocycles. The Morgan fingerprint density at radius 3 is 2.68 bits per heavy atom. The van der Waals surface area contributed by atoms with Crippen LogP contribution >= 0.6 is 0 Å². The minimum atomic E-state index is 0.110. The summed E-state index contributed by atoms with van der Waals surface area (Å²) in [5.41, 5.74) is 2.51. The first-order valence-corrected chi connectivity index (χ1v) is 8.07. The normalized spacial score (nSPS) is 20.3. The van der Waals surface area contributed by atoms with Crippen LogP contribution in [0.1, 0.15) is 24.0 Å². The maximum Gasteiger partial charge on any atom is 0.317 e. The average Bonchev–Trinajstić information content (AvgIpc) is 2.94. The van der Waals surface area contributed by atoms with Crippen molar-refractivity contribution in [2.75, 3.05) is 33.3 Å². The van der Waals surface area contributed by atoms with Gasteiger partial charge >= 0.3 is 6.03 Å². The topological polar surface area (TPSA) is 44.8 Å². The van der Waals surface area contributed by atoms with Gasteiger partial charge in [0.25, 0.3) is 0 Å². The Hall–Kier alpha value is -1.75. The van der Waals surface area contributed by atoms with Gasteiger partial charge in [-0.2, -0.15) is 0 Å². The number of carbonyl (C=O) groups is 1. The van der Waals surface area contributed by atoms with E-state index in [1.807, 2.05) is 11.0 Å². The Morgan fingerprint density at radius 2 is 2.05 bits per heavy atom. The highest BCUT2D eigenvalue weighted by Crippen LogP contribution is 2.24. The first kappa shape index (κ1) is 15.2. The van der Waals surface area contributed by atoms with Crippen molar-refractivity contribution in [2.24, 2.45) is 0 Å². The van der Waals surface area contributed by atoms with Crippen molar-refractivity contribution in [3.05, 3.63) is 29.3 Å². The molecule has 2 amide bonds. The van der Waals surface area contributed by atoms with Crippen LogP contribution in [0.5, 0.6) is 5.75 Å². The van der Waals surface area contributed by atoms with Crippen LogP contribution in [0.15, 0.2) is 18.2 Å². The van der Waals surface area contributed by atoms with Gasteiger partial charge in [-0.05, 0) is 25.8 Å². The molecule has 2 aliphatic rings. The van der Waals surface area contributed by atoms with Crippen LogP contribution in [-0.4, -0.2) is 55.2 Å². The molecule has 22 heavy (non-hydrogen) atoms. The minimum Gasteiger partial charge on any atom is -0.496 e. The maximum atomic E-state index is 11.8. The molecule has 1 N–H and O–H groups in total. The molecule has 0 aromatic heterocycles. The van der Waals surface area contributed by atoms with Crippen molar-refractivity contribution in [2.45, 2.75) is 32.4 Å². The predicted molar refractivity (Wildman–Crippen MR) is 86.1 cm³/mol. The van der Waals surface area contributed by atoms with Crippen LogP contribution in [-0.2, 0) is 6.54 Å². The molecule has 2 saturated heterocycles. The molecule has 5 nitrogen and oxygen atoms in total. The average molecular weight is 303 g/mol. The van der Waals surface area contributed by atoms with E-state index in [-0.39, 0.29) is 6.03 Å². The summed E-state index contributed by atoms with van der Waals surface area (Å²) >= 11 is 0. The van der Waals surface area contributed by atoms with Gasteiger partial charge in [0.1, 0.15) is 5.75 Å². The molecule has 3 rings (SSSR count). The van der Waals surface area contributed by atoms with E-state index < -0.39 is 0 Å². The second-order valence-electron chi connectivity index (χ2n) is 6.25. The molecule has 0 bridgehead atoms. The summed E-state index contributed by atoms with van der Waals surface area (Å²) in [6, 6.07) is 6.85. The molecule has 0 aliphatic carbocycles. The summed E-state index contributed by atoms with van der Waals surface area (Å²) in [6.07, 6.45) is 2.11. The lowest BCUT2D eigenvalue weighted by atomic mass is 10.0. The zero-order valence-electron chi connectivity index (χ0n) is 13.5. The Labute approximate surface area is 132 Å². The van der Waals surface area contributed by atoms with Gasteiger partial charge in [0.15, 0.2) is 0 Å². The molecule has 0 atom stereocenters. The Kier molecular flexibility index (Phi) is 4.52. The van der Waals surface area contributed by atoms with E-state index in [9.17, 15) is 4.79 Å². The lowest BCUT2D eigenvalue weighted by Gasteiger charge is -2.36. The predicted octanol–water partition coefficient (Wildman–Crippen LogP) is 1.99. The summed E-state index contributed by atoms with van der Waals surface area (Å²) in [5.74, 6) is 0.964. The number of ether oxygens (including phenoxy) is 1. The van der Waals surface area contributed by atoms with Gasteiger partial charge in [-0.3, -0.25) is 4.90 Å². The summed E-state index contributed by atoms with van der Waals surface area (Å²) in [6.45, 7) is 6.75. The summed E-state index contributed by atoms with van der Waals surface area (Å²) in [4.78, 5) is 16.2. The zero-order valence-corrected chi connectivity index (χ0v) is 13.5. The number of hydrogen-bond acceptors (Lipinski definition) is 3. The number of amides is 2. The quantitative estimate of drug-likeness (QED) is 0.925. The third-order valence-electron chi connectivity index (χ3n) is 4.72. The second kappa shape index (κ2) is 6.57. The highest BCUT2D eigenvalue weighted by atomic mass is 16.5. The molecule has 2 aliphatic heterocycles. The lowest BCUT2D eigenvalue weighted by Crippen LogP contribution is -2.45. The third kappa shape index (κ3) is 3.19. The van der Waals surface area contributed by atoms with E-state index in [1.54, 1.807) is 7.11 Å². The highest BCUT2D eigenvalue weighted by molar-refractivity contribution is 5.76. The van der Waals surface area contributed by atoms with Crippen molar-refractivity contribution >= 4 is 6.03 Å². The minimum absolute atomic E-state index is 0.110. The molecule has 1 aromatic rings. The third-order valence-corrected chi connectivity index (χ3v) is 4.72. The molecule has 2 heterocycles. The largest absolute Gasteiger partial charge is 0.496 e. The number of rotatable bonds is 4. The number of likely N-dealkylation sites (tertiary alicyclic amines) is 1. The molecular formula is C17H25N3O2. The fourth-order valence-electron chi connectivity index (χ4n) is 3.50. The number of nitrogens with one attached hydrogen (secondary N) is 1. The molecule has 5 heteroatoms. The fourth-order valence-corrected chi connectivity index (χ4v) is 3.50. The van der Waals surface area contributed by atoms with Crippen molar-refractivity contribution in [3.63, 3.8) is 0 Å². The van der Waals surface area contributed by atoms with Crippen molar-refractivity contribution < 1.29 is 9.53 Å². The number of aryl methyl sites for hydroxylation is 1. The van der Waals surface area contributed by atoms with Gasteiger partial charge in [-0.15, -0.1) is 0 Å². The van der Waals surface area contributed by atoms with Gasteiger partial charge in [-0.25, -0.2) is 4.79 Å². The monoisotopic (exact) mass is 303 g/mol. The van der Waals surface area contributed by atoms with Crippen molar-refractivity contribution in [1.82, 2.24) is 15.1 Å². The second-order valence-corrected chi connectivity index (χ2v) is 6.25. The number of hydrogen-bond donors (Lipinski definition) is 1. The van der Waals surface area contributed by atoms with Gasteiger partial charge < -0.3 is 15.0 Å². The van der Waals surface area contributed by atoms with Crippen LogP contribution in [0.3, 0.4) is 0 Å². The van der Waals surface area contributed by atoms with Crippen LogP contribution in [0.25, 0.3) is 0 Å². The Balaban J connectivity index is 1.58. The van der Waals surface area contributed by atoms with E-state index >= 15 is 0 Å². The number of piperidine rings is 1. The van der Waals surface area contributed by atoms with Crippen LogP contribution in [0, 0.1) is 6.92 Å². The number of nitrogens with zero attached hydrogens (tertiary/aromatic N) is 2. The van der Waals surface area contributed by atoms with Crippen molar-refractivity contribution in [1.29, 1.82) is 0 Å². The summed E-state index contributed by atoms with van der Waals surface area (Å²) < 4.78 is 5.47. The maximum absolute atomic E-state index is 11.8. The van der Waals surface area contributed by atoms with Gasteiger partial charge in [0.2, 0.25) is 0 Å².